The Labute approximate surface area is 146 Å². The van der Waals surface area contributed by atoms with Crippen LogP contribution in [0.3, 0.4) is 0 Å². The first kappa shape index (κ1) is 17.2. The van der Waals surface area contributed by atoms with E-state index in [0.717, 1.165) is 52.2 Å². The largest absolute Gasteiger partial charge is 0.303 e. The van der Waals surface area contributed by atoms with Gasteiger partial charge in [0.1, 0.15) is 0 Å². The zero-order valence-corrected chi connectivity index (χ0v) is 15.1. The SMILES string of the molecule is CCN(CC)C[C@H]1CN(CCc2ccccc2)Cc2ccnn2C1. The van der Waals surface area contributed by atoms with E-state index < -0.39 is 0 Å². The summed E-state index contributed by atoms with van der Waals surface area (Å²) in [4.78, 5) is 5.15. The Morgan fingerprint density at radius 3 is 2.62 bits per heavy atom. The first-order chi connectivity index (χ1) is 11.8. The Bertz CT molecular complexity index is 603. The Balaban J connectivity index is 1.66. The summed E-state index contributed by atoms with van der Waals surface area (Å²) in [5.74, 6) is 0.641. The molecule has 0 fully saturated rings. The second-order valence-corrected chi connectivity index (χ2v) is 6.83. The fourth-order valence-electron chi connectivity index (χ4n) is 3.68. The lowest BCUT2D eigenvalue weighted by Crippen LogP contribution is -2.37. The van der Waals surface area contributed by atoms with Crippen LogP contribution in [0, 0.1) is 5.92 Å². The molecule has 0 saturated heterocycles. The van der Waals surface area contributed by atoms with Crippen molar-refractivity contribution in [2.24, 2.45) is 5.92 Å². The van der Waals surface area contributed by atoms with E-state index in [1.165, 1.54) is 11.3 Å². The molecule has 0 aliphatic carbocycles. The minimum absolute atomic E-state index is 0.641. The molecule has 1 aliphatic heterocycles. The van der Waals surface area contributed by atoms with Crippen LogP contribution >= 0.6 is 0 Å². The van der Waals surface area contributed by atoms with Crippen LogP contribution in [0.5, 0.6) is 0 Å². The Morgan fingerprint density at radius 2 is 1.88 bits per heavy atom. The van der Waals surface area contributed by atoms with E-state index in [1.54, 1.807) is 0 Å². The van der Waals surface area contributed by atoms with Crippen LogP contribution in [-0.4, -0.2) is 52.3 Å². The van der Waals surface area contributed by atoms with Gasteiger partial charge in [0, 0.05) is 44.8 Å². The van der Waals surface area contributed by atoms with Gasteiger partial charge in [-0.2, -0.15) is 5.10 Å². The topological polar surface area (TPSA) is 24.3 Å². The van der Waals surface area contributed by atoms with Gasteiger partial charge >= 0.3 is 0 Å². The van der Waals surface area contributed by atoms with Crippen LogP contribution in [0.4, 0.5) is 0 Å². The van der Waals surface area contributed by atoms with Gasteiger partial charge in [-0.15, -0.1) is 0 Å². The van der Waals surface area contributed by atoms with Crippen molar-refractivity contribution in [1.82, 2.24) is 19.6 Å². The fraction of sp³-hybridized carbons (Fsp3) is 0.550. The van der Waals surface area contributed by atoms with Gasteiger partial charge in [0.05, 0.1) is 5.69 Å². The summed E-state index contributed by atoms with van der Waals surface area (Å²) in [6, 6.07) is 13.0. The molecule has 2 aromatic rings. The van der Waals surface area contributed by atoms with E-state index in [0.29, 0.717) is 5.92 Å². The first-order valence-corrected chi connectivity index (χ1v) is 9.27. The highest BCUT2D eigenvalue weighted by Crippen LogP contribution is 2.17. The third-order valence-corrected chi connectivity index (χ3v) is 5.11. The highest BCUT2D eigenvalue weighted by atomic mass is 15.3. The fourth-order valence-corrected chi connectivity index (χ4v) is 3.68. The number of hydrogen-bond donors (Lipinski definition) is 0. The summed E-state index contributed by atoms with van der Waals surface area (Å²) in [6.07, 6.45) is 3.07. The van der Waals surface area contributed by atoms with Crippen molar-refractivity contribution in [1.29, 1.82) is 0 Å². The Hall–Kier alpha value is -1.65. The molecule has 2 heterocycles. The van der Waals surface area contributed by atoms with Crippen molar-refractivity contribution in [3.63, 3.8) is 0 Å². The quantitative estimate of drug-likeness (QED) is 0.782. The van der Waals surface area contributed by atoms with E-state index in [2.05, 4.69) is 69.8 Å². The summed E-state index contributed by atoms with van der Waals surface area (Å²) < 4.78 is 2.22. The van der Waals surface area contributed by atoms with Gasteiger partial charge < -0.3 is 4.90 Å². The second-order valence-electron chi connectivity index (χ2n) is 6.83. The summed E-state index contributed by atoms with van der Waals surface area (Å²) >= 11 is 0. The molecule has 3 rings (SSSR count). The molecular weight excluding hydrogens is 296 g/mol. The van der Waals surface area contributed by atoms with E-state index >= 15 is 0 Å². The minimum atomic E-state index is 0.641. The van der Waals surface area contributed by atoms with Crippen molar-refractivity contribution in [3.8, 4) is 0 Å². The highest BCUT2D eigenvalue weighted by molar-refractivity contribution is 5.15. The monoisotopic (exact) mass is 326 g/mol. The zero-order chi connectivity index (χ0) is 16.8. The Morgan fingerprint density at radius 1 is 1.08 bits per heavy atom. The lowest BCUT2D eigenvalue weighted by molar-refractivity contribution is 0.179. The molecule has 0 amide bonds. The molecule has 130 valence electrons. The molecule has 0 N–H and O–H groups in total. The van der Waals surface area contributed by atoms with Crippen molar-refractivity contribution in [2.45, 2.75) is 33.4 Å². The summed E-state index contributed by atoms with van der Waals surface area (Å²) in [6.45, 7) is 12.3. The van der Waals surface area contributed by atoms with Crippen molar-refractivity contribution in [2.75, 3.05) is 32.7 Å². The predicted octanol–water partition coefficient (Wildman–Crippen LogP) is 2.90. The molecule has 4 nitrogen and oxygen atoms in total. The van der Waals surface area contributed by atoms with Crippen LogP contribution < -0.4 is 0 Å². The number of fused-ring (bicyclic) bond motifs is 1. The first-order valence-electron chi connectivity index (χ1n) is 9.27. The van der Waals surface area contributed by atoms with Gasteiger partial charge in [0.25, 0.3) is 0 Å². The molecule has 24 heavy (non-hydrogen) atoms. The molecule has 1 aromatic carbocycles. The van der Waals surface area contributed by atoms with Gasteiger partial charge in [-0.3, -0.25) is 9.58 Å². The molecule has 0 unspecified atom stereocenters. The van der Waals surface area contributed by atoms with Crippen LogP contribution in [0.1, 0.15) is 25.1 Å². The number of aromatic nitrogens is 2. The predicted molar refractivity (Wildman–Crippen MR) is 98.9 cm³/mol. The standard InChI is InChI=1S/C20H30N4/c1-3-22(4-2)14-19-15-23(13-11-18-8-6-5-7-9-18)17-20-10-12-21-24(20)16-19/h5-10,12,19H,3-4,11,13-17H2,1-2H3/t19-/m0/s1. The number of rotatable bonds is 7. The number of benzene rings is 1. The number of nitrogens with zero attached hydrogens (tertiary/aromatic N) is 4. The van der Waals surface area contributed by atoms with Crippen LogP contribution in [0.2, 0.25) is 0 Å². The minimum Gasteiger partial charge on any atom is -0.303 e. The zero-order valence-electron chi connectivity index (χ0n) is 15.1. The van der Waals surface area contributed by atoms with E-state index in [9.17, 15) is 0 Å². The van der Waals surface area contributed by atoms with Gasteiger partial charge in [-0.25, -0.2) is 0 Å². The van der Waals surface area contributed by atoms with Gasteiger partial charge in [-0.05, 0) is 31.1 Å². The number of hydrogen-bond acceptors (Lipinski definition) is 3. The molecular formula is C20H30N4. The van der Waals surface area contributed by atoms with Crippen LogP contribution in [0.15, 0.2) is 42.6 Å². The molecule has 1 aliphatic rings. The van der Waals surface area contributed by atoms with E-state index in [4.69, 9.17) is 0 Å². The third kappa shape index (κ3) is 4.46. The molecule has 1 aromatic heterocycles. The molecule has 0 radical (unpaired) electrons. The molecule has 0 saturated carbocycles. The molecule has 0 bridgehead atoms. The van der Waals surface area contributed by atoms with Gasteiger partial charge in [0.15, 0.2) is 0 Å². The van der Waals surface area contributed by atoms with E-state index in [1.807, 2.05) is 6.20 Å². The maximum atomic E-state index is 4.55. The average Bonchev–Trinajstić information content (AvgIpc) is 2.97. The maximum absolute atomic E-state index is 4.55. The summed E-state index contributed by atoms with van der Waals surface area (Å²) in [5.41, 5.74) is 2.78. The highest BCUT2D eigenvalue weighted by Gasteiger charge is 2.23. The average molecular weight is 326 g/mol. The van der Waals surface area contributed by atoms with Crippen LogP contribution in [-0.2, 0) is 19.5 Å². The third-order valence-electron chi connectivity index (χ3n) is 5.11. The molecule has 4 heteroatoms. The smallest absolute Gasteiger partial charge is 0.0524 e. The Kier molecular flexibility index (Phi) is 6.05. The van der Waals surface area contributed by atoms with Crippen molar-refractivity contribution in [3.05, 3.63) is 53.9 Å². The maximum Gasteiger partial charge on any atom is 0.0524 e. The second kappa shape index (κ2) is 8.45. The molecule has 0 spiro atoms. The summed E-state index contributed by atoms with van der Waals surface area (Å²) in [5, 5.41) is 4.55. The molecule has 1 atom stereocenters. The van der Waals surface area contributed by atoms with E-state index in [-0.39, 0.29) is 0 Å². The van der Waals surface area contributed by atoms with Crippen molar-refractivity contribution < 1.29 is 0 Å². The lowest BCUT2D eigenvalue weighted by Gasteiger charge is -2.28. The van der Waals surface area contributed by atoms with Crippen LogP contribution in [0.25, 0.3) is 0 Å². The normalized spacial score (nSPS) is 18.5. The summed E-state index contributed by atoms with van der Waals surface area (Å²) in [7, 11) is 0. The van der Waals surface area contributed by atoms with Gasteiger partial charge in [0.2, 0.25) is 0 Å². The van der Waals surface area contributed by atoms with Gasteiger partial charge in [-0.1, -0.05) is 44.2 Å². The van der Waals surface area contributed by atoms with Crippen molar-refractivity contribution >= 4 is 0 Å². The lowest BCUT2D eigenvalue weighted by atomic mass is 10.1.